The smallest absolute Gasteiger partial charge is 0.0480 e. The van der Waals surface area contributed by atoms with E-state index < -0.39 is 0 Å². The first-order chi connectivity index (χ1) is 6.86. The molecular weight excluding hydrogens is 194 g/mol. The minimum absolute atomic E-state index is 0.717. The molecule has 2 heterocycles. The molecule has 0 aromatic rings. The van der Waals surface area contributed by atoms with Crippen molar-refractivity contribution in [2.45, 2.75) is 49.9 Å². The fourth-order valence-electron chi connectivity index (χ4n) is 2.31. The molecule has 0 aromatic heterocycles. The Morgan fingerprint density at radius 3 is 2.71 bits per heavy atom. The highest BCUT2D eigenvalue weighted by molar-refractivity contribution is 7.99. The Kier molecular flexibility index (Phi) is 4.14. The van der Waals surface area contributed by atoms with E-state index in [0.29, 0.717) is 0 Å². The van der Waals surface area contributed by atoms with Crippen molar-refractivity contribution in [1.29, 1.82) is 0 Å². The molecule has 0 radical (unpaired) electrons. The lowest BCUT2D eigenvalue weighted by Gasteiger charge is -2.34. The molecule has 2 saturated heterocycles. The lowest BCUT2D eigenvalue weighted by atomic mass is 10.0. The predicted molar refractivity (Wildman–Crippen MR) is 61.9 cm³/mol. The topological polar surface area (TPSA) is 21.3 Å². The van der Waals surface area contributed by atoms with E-state index in [4.69, 9.17) is 4.74 Å². The zero-order chi connectivity index (χ0) is 9.80. The van der Waals surface area contributed by atoms with Gasteiger partial charge in [0.05, 0.1) is 0 Å². The van der Waals surface area contributed by atoms with Gasteiger partial charge in [0, 0.05) is 30.5 Å². The van der Waals surface area contributed by atoms with E-state index in [2.05, 4.69) is 24.0 Å². The van der Waals surface area contributed by atoms with E-state index >= 15 is 0 Å². The van der Waals surface area contributed by atoms with Gasteiger partial charge in [-0.15, -0.1) is 0 Å². The number of rotatable bonds is 2. The first kappa shape index (κ1) is 10.8. The molecule has 2 fully saturated rings. The van der Waals surface area contributed by atoms with Gasteiger partial charge >= 0.3 is 0 Å². The molecule has 1 N–H and O–H groups in total. The average molecular weight is 215 g/mol. The summed E-state index contributed by atoms with van der Waals surface area (Å²) < 4.78 is 5.37. The van der Waals surface area contributed by atoms with Gasteiger partial charge in [-0.05, 0) is 31.4 Å². The maximum Gasteiger partial charge on any atom is 0.0480 e. The molecule has 2 aliphatic heterocycles. The summed E-state index contributed by atoms with van der Waals surface area (Å²) in [5.41, 5.74) is 0. The SMILES string of the molecule is CC1SCCCC1NC1CCOCC1. The zero-order valence-electron chi connectivity index (χ0n) is 9.00. The third kappa shape index (κ3) is 2.88. The van der Waals surface area contributed by atoms with Gasteiger partial charge in [0.2, 0.25) is 0 Å². The molecule has 2 nitrogen and oxygen atoms in total. The highest BCUT2D eigenvalue weighted by Gasteiger charge is 2.24. The monoisotopic (exact) mass is 215 g/mol. The summed E-state index contributed by atoms with van der Waals surface area (Å²) in [6, 6.07) is 1.46. The Balaban J connectivity index is 1.76. The van der Waals surface area contributed by atoms with Crippen molar-refractivity contribution in [2.24, 2.45) is 0 Å². The largest absolute Gasteiger partial charge is 0.381 e. The Morgan fingerprint density at radius 1 is 1.21 bits per heavy atom. The molecular formula is C11H21NOS. The predicted octanol–water partition coefficient (Wildman–Crippen LogP) is 2.04. The zero-order valence-corrected chi connectivity index (χ0v) is 9.81. The summed E-state index contributed by atoms with van der Waals surface area (Å²) in [4.78, 5) is 0. The third-order valence-corrected chi connectivity index (χ3v) is 4.66. The molecule has 0 aromatic carbocycles. The lowest BCUT2D eigenvalue weighted by Crippen LogP contribution is -2.47. The summed E-state index contributed by atoms with van der Waals surface area (Å²) >= 11 is 2.12. The van der Waals surface area contributed by atoms with Crippen LogP contribution in [0.3, 0.4) is 0 Å². The summed E-state index contributed by atoms with van der Waals surface area (Å²) in [7, 11) is 0. The van der Waals surface area contributed by atoms with Gasteiger partial charge in [-0.3, -0.25) is 0 Å². The summed E-state index contributed by atoms with van der Waals surface area (Å²) in [5.74, 6) is 1.35. The number of nitrogens with one attached hydrogen (secondary N) is 1. The van der Waals surface area contributed by atoms with Crippen molar-refractivity contribution in [3.63, 3.8) is 0 Å². The minimum Gasteiger partial charge on any atom is -0.381 e. The maximum atomic E-state index is 5.37. The van der Waals surface area contributed by atoms with Crippen LogP contribution in [0.5, 0.6) is 0 Å². The number of ether oxygens (including phenoxy) is 1. The van der Waals surface area contributed by atoms with Crippen molar-refractivity contribution in [3.8, 4) is 0 Å². The van der Waals surface area contributed by atoms with E-state index in [-0.39, 0.29) is 0 Å². The molecule has 2 aliphatic rings. The highest BCUT2D eigenvalue weighted by Crippen LogP contribution is 2.26. The fraction of sp³-hybridized carbons (Fsp3) is 1.00. The highest BCUT2D eigenvalue weighted by atomic mass is 32.2. The molecule has 2 rings (SSSR count). The normalized spacial score (nSPS) is 35.8. The Morgan fingerprint density at radius 2 is 2.00 bits per heavy atom. The van der Waals surface area contributed by atoms with Crippen molar-refractivity contribution < 1.29 is 4.74 Å². The first-order valence-electron chi connectivity index (χ1n) is 5.81. The third-order valence-electron chi connectivity index (χ3n) is 3.28. The molecule has 14 heavy (non-hydrogen) atoms. The van der Waals surface area contributed by atoms with Crippen LogP contribution in [0.2, 0.25) is 0 Å². The summed E-state index contributed by atoms with van der Waals surface area (Å²) in [6.45, 7) is 4.26. The van der Waals surface area contributed by atoms with Gasteiger partial charge in [-0.1, -0.05) is 6.92 Å². The van der Waals surface area contributed by atoms with Gasteiger partial charge in [0.15, 0.2) is 0 Å². The van der Waals surface area contributed by atoms with Gasteiger partial charge in [-0.25, -0.2) is 0 Å². The minimum atomic E-state index is 0.717. The molecule has 2 unspecified atom stereocenters. The van der Waals surface area contributed by atoms with Crippen LogP contribution in [0.1, 0.15) is 32.6 Å². The van der Waals surface area contributed by atoms with Crippen molar-refractivity contribution in [1.82, 2.24) is 5.32 Å². The van der Waals surface area contributed by atoms with Crippen LogP contribution in [0, 0.1) is 0 Å². The molecule has 0 aliphatic carbocycles. The molecule has 0 amide bonds. The van der Waals surface area contributed by atoms with Gasteiger partial charge in [0.1, 0.15) is 0 Å². The second-order valence-corrected chi connectivity index (χ2v) is 5.86. The molecule has 0 bridgehead atoms. The van der Waals surface area contributed by atoms with Crippen LogP contribution in [-0.4, -0.2) is 36.3 Å². The van der Waals surface area contributed by atoms with Crippen LogP contribution in [0.25, 0.3) is 0 Å². The Bertz CT molecular complexity index is 171. The number of thioether (sulfide) groups is 1. The van der Waals surface area contributed by atoms with E-state index in [1.54, 1.807) is 0 Å². The number of hydrogen-bond donors (Lipinski definition) is 1. The maximum absolute atomic E-state index is 5.37. The van der Waals surface area contributed by atoms with Crippen LogP contribution >= 0.6 is 11.8 Å². The van der Waals surface area contributed by atoms with Crippen molar-refractivity contribution in [3.05, 3.63) is 0 Å². The van der Waals surface area contributed by atoms with Crippen molar-refractivity contribution in [2.75, 3.05) is 19.0 Å². The standard InChI is InChI=1S/C11H21NOS/c1-9-11(3-2-8-14-9)12-10-4-6-13-7-5-10/h9-12H,2-8H2,1H3. The first-order valence-corrected chi connectivity index (χ1v) is 6.86. The van der Waals surface area contributed by atoms with Crippen LogP contribution < -0.4 is 5.32 Å². The van der Waals surface area contributed by atoms with Gasteiger partial charge < -0.3 is 10.1 Å². The quantitative estimate of drug-likeness (QED) is 0.761. The van der Waals surface area contributed by atoms with E-state index in [0.717, 1.165) is 30.5 Å². The summed E-state index contributed by atoms with van der Waals surface area (Å²) in [5, 5.41) is 4.60. The molecule has 0 saturated carbocycles. The molecule has 0 spiro atoms. The molecule has 2 atom stereocenters. The van der Waals surface area contributed by atoms with E-state index in [9.17, 15) is 0 Å². The van der Waals surface area contributed by atoms with Gasteiger partial charge in [0.25, 0.3) is 0 Å². The summed E-state index contributed by atoms with van der Waals surface area (Å²) in [6.07, 6.45) is 5.16. The van der Waals surface area contributed by atoms with Crippen molar-refractivity contribution >= 4 is 11.8 Å². The Labute approximate surface area is 91.2 Å². The second-order valence-electron chi connectivity index (χ2n) is 4.38. The molecule has 3 heteroatoms. The van der Waals surface area contributed by atoms with E-state index in [1.807, 2.05) is 0 Å². The molecule has 82 valence electrons. The average Bonchev–Trinajstić information content (AvgIpc) is 2.23. The Hall–Kier alpha value is 0.270. The lowest BCUT2D eigenvalue weighted by molar-refractivity contribution is 0.0744. The second kappa shape index (κ2) is 5.38. The van der Waals surface area contributed by atoms with E-state index in [1.165, 1.54) is 31.4 Å². The fourth-order valence-corrected chi connectivity index (χ4v) is 3.46. The number of hydrogen-bond acceptors (Lipinski definition) is 3. The van der Waals surface area contributed by atoms with Crippen LogP contribution in [0.4, 0.5) is 0 Å². The van der Waals surface area contributed by atoms with Crippen LogP contribution in [0.15, 0.2) is 0 Å². The van der Waals surface area contributed by atoms with Gasteiger partial charge in [-0.2, -0.15) is 11.8 Å². The van der Waals surface area contributed by atoms with Crippen LogP contribution in [-0.2, 0) is 4.74 Å².